The highest BCUT2D eigenvalue weighted by Crippen LogP contribution is 2.24. The van der Waals surface area contributed by atoms with Crippen LogP contribution < -0.4 is 16.0 Å². The molecule has 0 radical (unpaired) electrons. The van der Waals surface area contributed by atoms with Crippen LogP contribution in [-0.4, -0.2) is 131 Å². The summed E-state index contributed by atoms with van der Waals surface area (Å²) < 4.78 is 0. The molecule has 2 fully saturated rings. The van der Waals surface area contributed by atoms with Crippen LogP contribution in [0, 0.1) is 11.8 Å². The fourth-order valence-electron chi connectivity index (χ4n) is 8.49. The van der Waals surface area contributed by atoms with Crippen molar-refractivity contribution in [3.05, 3.63) is 108 Å². The average molecular weight is 864 g/mol. The standard InChI is InChI=1S/C49H65N7O7/c1-8-33(4)43-45(59)51-37(27-32(2)3)46(60)55(7)41(30-36-23-16-11-17-24-36)49(63)56-26-18-25-39(56)48(62)53(5)31-42(57)50-38(28-34-19-12-9-13-20-34)47(61)54(6)40(44(58)52-43)29-35-21-14-10-15-22-35/h9-17,19-24,32-33,37-41,43H,8,18,25-31H2,1-7H3,(H,50,57)(H,51,59)(H,52,58)/t33-,37-,38-,39-,40-,41+,43-/m0/s1. The van der Waals surface area contributed by atoms with Crippen molar-refractivity contribution in [1.29, 1.82) is 0 Å². The molecule has 2 aliphatic heterocycles. The van der Waals surface area contributed by atoms with E-state index in [-0.39, 0.29) is 44.1 Å². The Morgan fingerprint density at radius 3 is 1.63 bits per heavy atom. The van der Waals surface area contributed by atoms with Gasteiger partial charge in [-0.3, -0.25) is 33.6 Å². The molecule has 7 amide bonds. The van der Waals surface area contributed by atoms with E-state index in [2.05, 4.69) is 16.0 Å². The van der Waals surface area contributed by atoms with Crippen LogP contribution >= 0.6 is 0 Å². The summed E-state index contributed by atoms with van der Waals surface area (Å²) in [5.41, 5.74) is 2.33. The van der Waals surface area contributed by atoms with Gasteiger partial charge in [0.15, 0.2) is 0 Å². The average Bonchev–Trinajstić information content (AvgIpc) is 3.77. The van der Waals surface area contributed by atoms with E-state index in [1.165, 1.54) is 33.7 Å². The molecule has 2 aliphatic rings. The van der Waals surface area contributed by atoms with Gasteiger partial charge in [0.2, 0.25) is 41.4 Å². The zero-order chi connectivity index (χ0) is 45.8. The first-order valence-corrected chi connectivity index (χ1v) is 22.2. The Morgan fingerprint density at radius 1 is 0.587 bits per heavy atom. The maximum absolute atomic E-state index is 14.8. The Hall–Kier alpha value is -6.05. The summed E-state index contributed by atoms with van der Waals surface area (Å²) in [6.45, 7) is 7.47. The van der Waals surface area contributed by atoms with E-state index in [1.807, 2.05) is 119 Å². The zero-order valence-electron chi connectivity index (χ0n) is 37.8. The number of nitrogens with one attached hydrogen (secondary N) is 3. The van der Waals surface area contributed by atoms with E-state index in [4.69, 9.17) is 0 Å². The summed E-state index contributed by atoms with van der Waals surface area (Å²) in [5.74, 6) is -4.10. The molecule has 14 heteroatoms. The number of nitrogens with zero attached hydrogens (tertiary/aromatic N) is 4. The second-order valence-electron chi connectivity index (χ2n) is 17.6. The minimum absolute atomic E-state index is 0.0479. The van der Waals surface area contributed by atoms with Gasteiger partial charge in [0.1, 0.15) is 36.3 Å². The second kappa shape index (κ2) is 22.3. The van der Waals surface area contributed by atoms with Gasteiger partial charge in [-0.05, 0) is 47.8 Å². The van der Waals surface area contributed by atoms with Gasteiger partial charge in [0, 0.05) is 47.0 Å². The molecular formula is C49H65N7O7. The molecule has 0 bridgehead atoms. The van der Waals surface area contributed by atoms with Gasteiger partial charge in [-0.25, -0.2) is 0 Å². The quantitative estimate of drug-likeness (QED) is 0.281. The number of carbonyl (C=O) groups excluding carboxylic acids is 7. The molecule has 338 valence electrons. The summed E-state index contributed by atoms with van der Waals surface area (Å²) in [7, 11) is 4.55. The van der Waals surface area contributed by atoms with Crippen LogP contribution in [0.4, 0.5) is 0 Å². The second-order valence-corrected chi connectivity index (χ2v) is 17.6. The first-order valence-electron chi connectivity index (χ1n) is 22.2. The van der Waals surface area contributed by atoms with Gasteiger partial charge < -0.3 is 35.6 Å². The van der Waals surface area contributed by atoms with Crippen molar-refractivity contribution < 1.29 is 33.6 Å². The summed E-state index contributed by atoms with van der Waals surface area (Å²) in [5, 5.41) is 8.79. The number of rotatable bonds is 10. The van der Waals surface area contributed by atoms with Crippen LogP contribution in [0.25, 0.3) is 0 Å². The Bertz CT molecular complexity index is 2050. The lowest BCUT2D eigenvalue weighted by Gasteiger charge is -2.36. The number of hydrogen-bond acceptors (Lipinski definition) is 7. The van der Waals surface area contributed by atoms with Crippen LogP contribution in [0.2, 0.25) is 0 Å². The van der Waals surface area contributed by atoms with Crippen molar-refractivity contribution in [2.24, 2.45) is 11.8 Å². The minimum Gasteiger partial charge on any atom is -0.342 e. The van der Waals surface area contributed by atoms with Crippen LogP contribution in [0.3, 0.4) is 0 Å². The van der Waals surface area contributed by atoms with Gasteiger partial charge in [-0.2, -0.15) is 0 Å². The molecule has 2 heterocycles. The first-order chi connectivity index (χ1) is 30.1. The van der Waals surface area contributed by atoms with Gasteiger partial charge in [0.25, 0.3) is 0 Å². The van der Waals surface area contributed by atoms with Crippen LogP contribution in [0.5, 0.6) is 0 Å². The fourth-order valence-corrected chi connectivity index (χ4v) is 8.49. The maximum Gasteiger partial charge on any atom is 0.246 e. The van der Waals surface area contributed by atoms with Crippen LogP contribution in [0.1, 0.15) is 70.1 Å². The van der Waals surface area contributed by atoms with Crippen LogP contribution in [0.15, 0.2) is 91.0 Å². The molecule has 14 nitrogen and oxygen atoms in total. The van der Waals surface area contributed by atoms with Crippen molar-refractivity contribution in [1.82, 2.24) is 35.6 Å². The number of fused-ring (bicyclic) bond motifs is 1. The Balaban J connectivity index is 1.61. The lowest BCUT2D eigenvalue weighted by Crippen LogP contribution is -2.61. The first kappa shape index (κ1) is 48.0. The van der Waals surface area contributed by atoms with E-state index in [1.54, 1.807) is 7.05 Å². The molecule has 3 aromatic rings. The number of benzene rings is 3. The summed E-state index contributed by atoms with van der Waals surface area (Å²) in [4.78, 5) is 107. The third-order valence-corrected chi connectivity index (χ3v) is 12.4. The molecule has 3 aromatic carbocycles. The van der Waals surface area contributed by atoms with E-state index >= 15 is 0 Å². The molecule has 0 aliphatic carbocycles. The normalized spacial score (nSPS) is 24.4. The zero-order valence-corrected chi connectivity index (χ0v) is 37.8. The van der Waals surface area contributed by atoms with Gasteiger partial charge in [-0.15, -0.1) is 0 Å². The summed E-state index contributed by atoms with van der Waals surface area (Å²) in [6, 6.07) is 21.3. The van der Waals surface area contributed by atoms with Gasteiger partial charge in [0.05, 0.1) is 6.54 Å². The third kappa shape index (κ3) is 12.5. The van der Waals surface area contributed by atoms with Crippen LogP contribution in [-0.2, 0) is 52.8 Å². The molecule has 0 saturated carbocycles. The lowest BCUT2D eigenvalue weighted by atomic mass is 9.95. The molecule has 2 saturated heterocycles. The Morgan fingerprint density at radius 2 is 1.10 bits per heavy atom. The topological polar surface area (TPSA) is 169 Å². The lowest BCUT2D eigenvalue weighted by molar-refractivity contribution is -0.150. The molecule has 63 heavy (non-hydrogen) atoms. The highest BCUT2D eigenvalue weighted by molar-refractivity contribution is 5.98. The minimum atomic E-state index is -1.14. The number of amides is 7. The molecule has 5 rings (SSSR count). The van der Waals surface area contributed by atoms with Crippen molar-refractivity contribution in [2.75, 3.05) is 34.2 Å². The largest absolute Gasteiger partial charge is 0.342 e. The molecule has 0 aromatic heterocycles. The SMILES string of the molecule is CC[C@H](C)[C@@H]1NC(=O)[C@H](Cc2ccccc2)N(C)C(=O)[C@H](Cc2ccccc2)NC(=O)CN(C)C(=O)[C@@H]2CCCN2C(=O)[C@@H](Cc2ccccc2)N(C)C(=O)[C@H](CC(C)C)NC1=O. The van der Waals surface area contributed by atoms with E-state index in [0.717, 1.165) is 16.7 Å². The predicted molar refractivity (Wildman–Crippen MR) is 241 cm³/mol. The molecule has 3 N–H and O–H groups in total. The molecular weight excluding hydrogens is 799 g/mol. The number of carbonyl (C=O) groups is 7. The Kier molecular flexibility index (Phi) is 17.0. The third-order valence-electron chi connectivity index (χ3n) is 12.4. The molecule has 0 spiro atoms. The van der Waals surface area contributed by atoms with Crippen molar-refractivity contribution in [3.63, 3.8) is 0 Å². The summed E-state index contributed by atoms with van der Waals surface area (Å²) >= 11 is 0. The van der Waals surface area contributed by atoms with E-state index in [9.17, 15) is 33.6 Å². The monoisotopic (exact) mass is 863 g/mol. The predicted octanol–water partition coefficient (Wildman–Crippen LogP) is 3.38. The molecule has 0 unspecified atom stereocenters. The maximum atomic E-state index is 14.8. The van der Waals surface area contributed by atoms with E-state index < -0.39 is 84.1 Å². The fraction of sp³-hybridized carbons (Fsp3) is 0.490. The van der Waals surface area contributed by atoms with Crippen molar-refractivity contribution in [2.45, 2.75) is 109 Å². The van der Waals surface area contributed by atoms with Crippen molar-refractivity contribution >= 4 is 41.4 Å². The number of likely N-dealkylation sites (N-methyl/N-ethyl adjacent to an activating group) is 3. The van der Waals surface area contributed by atoms with Crippen molar-refractivity contribution in [3.8, 4) is 0 Å². The van der Waals surface area contributed by atoms with Gasteiger partial charge in [-0.1, -0.05) is 125 Å². The molecule has 7 atom stereocenters. The highest BCUT2D eigenvalue weighted by Gasteiger charge is 2.43. The smallest absolute Gasteiger partial charge is 0.246 e. The van der Waals surface area contributed by atoms with E-state index in [0.29, 0.717) is 19.3 Å². The number of hydrogen-bond donors (Lipinski definition) is 3. The summed E-state index contributed by atoms with van der Waals surface area (Å²) in [6.07, 6.45) is 1.99. The highest BCUT2D eigenvalue weighted by atomic mass is 16.2. The van der Waals surface area contributed by atoms with Gasteiger partial charge >= 0.3 is 0 Å². The Labute approximate surface area is 372 Å².